The molecule has 0 radical (unpaired) electrons. The van der Waals surface area contributed by atoms with Crippen molar-refractivity contribution >= 4 is 56.2 Å². The Hall–Kier alpha value is -1.32. The van der Waals surface area contributed by atoms with E-state index in [-0.39, 0.29) is 25.5 Å². The number of carbonyl (C=O) groups is 1. The molecule has 1 atom stereocenters. The van der Waals surface area contributed by atoms with Crippen molar-refractivity contribution in [3.63, 3.8) is 0 Å². The van der Waals surface area contributed by atoms with Gasteiger partial charge in [0.2, 0.25) is 0 Å². The molecule has 10 heteroatoms. The van der Waals surface area contributed by atoms with Gasteiger partial charge in [-0.25, -0.2) is 8.42 Å². The predicted molar refractivity (Wildman–Crippen MR) is 123 cm³/mol. The highest BCUT2D eigenvalue weighted by Crippen LogP contribution is 2.35. The zero-order valence-corrected chi connectivity index (χ0v) is 19.8. The first kappa shape index (κ1) is 23.3. The average Bonchev–Trinajstić information content (AvgIpc) is 2.90. The molecule has 1 amide bonds. The summed E-state index contributed by atoms with van der Waals surface area (Å²) in [5.74, 6) is -0.0857. The van der Waals surface area contributed by atoms with Gasteiger partial charge in [0.05, 0.1) is 4.34 Å². The smallest absolute Gasteiger partial charge is 0.264 e. The van der Waals surface area contributed by atoms with E-state index in [1.807, 2.05) is 4.90 Å². The third-order valence-corrected chi connectivity index (χ3v) is 8.14. The van der Waals surface area contributed by atoms with Crippen LogP contribution >= 0.6 is 34.5 Å². The molecule has 2 N–H and O–H groups in total. The Morgan fingerprint density at radius 1 is 1.33 bits per heavy atom. The van der Waals surface area contributed by atoms with E-state index < -0.39 is 10.0 Å². The molecule has 0 spiro atoms. The van der Waals surface area contributed by atoms with Crippen molar-refractivity contribution in [1.82, 2.24) is 10.2 Å². The van der Waals surface area contributed by atoms with E-state index >= 15 is 0 Å². The van der Waals surface area contributed by atoms with E-state index in [4.69, 9.17) is 23.2 Å². The normalized spacial score (nSPS) is 17.6. The lowest BCUT2D eigenvalue weighted by Crippen LogP contribution is -2.43. The predicted octanol–water partition coefficient (Wildman–Crippen LogP) is 4.85. The minimum Gasteiger partial charge on any atom is -0.334 e. The molecular weight excluding hydrogens is 465 g/mol. The van der Waals surface area contributed by atoms with Gasteiger partial charge in [-0.1, -0.05) is 49.0 Å². The standard InChI is InChI=1S/C20H25Cl2N3O3S2/c1-2-3-8-16-13-23-9-5-10-25(16)20(26)14-6-4-7-15(11-14)24-30(27,28)17-12-18(21)29-19(17)22/h4,6-7,11-12,16,23-24H,2-3,5,8-10,13H2,1H3. The Bertz CT molecular complexity index is 995. The Kier molecular flexibility index (Phi) is 8.04. The number of anilines is 1. The minimum absolute atomic E-state index is 0.0749. The molecule has 3 rings (SSSR count). The van der Waals surface area contributed by atoms with Crippen molar-refractivity contribution in [3.05, 3.63) is 44.6 Å². The molecule has 0 aliphatic carbocycles. The van der Waals surface area contributed by atoms with Gasteiger partial charge in [0, 0.05) is 30.4 Å². The van der Waals surface area contributed by atoms with Crippen molar-refractivity contribution < 1.29 is 13.2 Å². The summed E-state index contributed by atoms with van der Waals surface area (Å²) < 4.78 is 28.2. The van der Waals surface area contributed by atoms with Crippen LogP contribution < -0.4 is 10.0 Å². The fourth-order valence-electron chi connectivity index (χ4n) is 3.50. The van der Waals surface area contributed by atoms with Crippen LogP contribution in [0.1, 0.15) is 43.0 Å². The maximum atomic E-state index is 13.3. The molecule has 1 aromatic carbocycles. The van der Waals surface area contributed by atoms with E-state index in [0.29, 0.717) is 17.8 Å². The van der Waals surface area contributed by atoms with Crippen molar-refractivity contribution in [2.24, 2.45) is 0 Å². The van der Waals surface area contributed by atoms with Gasteiger partial charge < -0.3 is 10.2 Å². The Morgan fingerprint density at radius 2 is 2.13 bits per heavy atom. The van der Waals surface area contributed by atoms with Gasteiger partial charge in [0.15, 0.2) is 0 Å². The van der Waals surface area contributed by atoms with E-state index in [1.165, 1.54) is 6.07 Å². The van der Waals surface area contributed by atoms with Crippen LogP contribution in [0.3, 0.4) is 0 Å². The second-order valence-electron chi connectivity index (χ2n) is 7.23. The quantitative estimate of drug-likeness (QED) is 0.582. The Balaban J connectivity index is 1.81. The Labute approximate surface area is 191 Å². The highest BCUT2D eigenvalue weighted by Gasteiger charge is 2.26. The van der Waals surface area contributed by atoms with Crippen LogP contribution in [0.5, 0.6) is 0 Å². The lowest BCUT2D eigenvalue weighted by Gasteiger charge is -2.30. The second-order valence-corrected chi connectivity index (χ2v) is 11.2. The van der Waals surface area contributed by atoms with Crippen LogP contribution in [0, 0.1) is 0 Å². The number of carbonyl (C=O) groups excluding carboxylic acids is 1. The topological polar surface area (TPSA) is 78.5 Å². The Morgan fingerprint density at radius 3 is 2.83 bits per heavy atom. The number of rotatable bonds is 7. The highest BCUT2D eigenvalue weighted by molar-refractivity contribution is 7.93. The fourth-order valence-corrected chi connectivity index (χ4v) is 6.70. The summed E-state index contributed by atoms with van der Waals surface area (Å²) in [6.07, 6.45) is 3.96. The van der Waals surface area contributed by atoms with E-state index in [9.17, 15) is 13.2 Å². The number of nitrogens with zero attached hydrogens (tertiary/aromatic N) is 1. The summed E-state index contributed by atoms with van der Waals surface area (Å²) in [4.78, 5) is 15.1. The summed E-state index contributed by atoms with van der Waals surface area (Å²) in [7, 11) is -3.91. The zero-order valence-electron chi connectivity index (χ0n) is 16.7. The van der Waals surface area contributed by atoms with Gasteiger partial charge in [-0.15, -0.1) is 11.3 Å². The zero-order chi connectivity index (χ0) is 21.7. The van der Waals surface area contributed by atoms with E-state index in [2.05, 4.69) is 17.0 Å². The van der Waals surface area contributed by atoms with Crippen molar-refractivity contribution in [2.75, 3.05) is 24.4 Å². The number of nitrogens with one attached hydrogen (secondary N) is 2. The van der Waals surface area contributed by atoms with Crippen LogP contribution in [0.4, 0.5) is 5.69 Å². The van der Waals surface area contributed by atoms with Crippen molar-refractivity contribution in [3.8, 4) is 0 Å². The maximum absolute atomic E-state index is 13.3. The van der Waals surface area contributed by atoms with Crippen LogP contribution in [0.2, 0.25) is 8.67 Å². The molecular formula is C20H25Cl2N3O3S2. The number of halogens is 2. The second kappa shape index (κ2) is 10.3. The highest BCUT2D eigenvalue weighted by atomic mass is 35.5. The number of hydrogen-bond donors (Lipinski definition) is 2. The molecule has 1 fully saturated rings. The molecule has 1 aliphatic heterocycles. The molecule has 0 bridgehead atoms. The lowest BCUT2D eigenvalue weighted by atomic mass is 10.1. The summed E-state index contributed by atoms with van der Waals surface area (Å²) in [6.45, 7) is 4.48. The maximum Gasteiger partial charge on any atom is 0.264 e. The number of sulfonamides is 1. The summed E-state index contributed by atoms with van der Waals surface area (Å²) in [6, 6.07) is 8.00. The fraction of sp³-hybridized carbons (Fsp3) is 0.450. The molecule has 6 nitrogen and oxygen atoms in total. The lowest BCUT2D eigenvalue weighted by molar-refractivity contribution is 0.0682. The van der Waals surface area contributed by atoms with Gasteiger partial charge in [-0.3, -0.25) is 9.52 Å². The number of hydrogen-bond acceptors (Lipinski definition) is 5. The monoisotopic (exact) mass is 489 g/mol. The third kappa shape index (κ3) is 5.68. The van der Waals surface area contributed by atoms with Gasteiger partial charge in [-0.05, 0) is 43.7 Å². The van der Waals surface area contributed by atoms with Gasteiger partial charge in [0.25, 0.3) is 15.9 Å². The van der Waals surface area contributed by atoms with Crippen LogP contribution in [0.15, 0.2) is 35.2 Å². The molecule has 1 saturated heterocycles. The summed E-state index contributed by atoms with van der Waals surface area (Å²) >= 11 is 12.9. The molecule has 1 aromatic heterocycles. The van der Waals surface area contributed by atoms with Crippen LogP contribution in [-0.4, -0.2) is 44.9 Å². The van der Waals surface area contributed by atoms with Crippen molar-refractivity contribution in [1.29, 1.82) is 0 Å². The molecule has 1 aliphatic rings. The molecule has 0 saturated carbocycles. The summed E-state index contributed by atoms with van der Waals surface area (Å²) in [5, 5.41) is 3.40. The SMILES string of the molecule is CCCCC1CNCCCN1C(=O)c1cccc(NS(=O)(=O)c2cc(Cl)sc2Cl)c1. The first-order valence-corrected chi connectivity index (χ1v) is 13.0. The first-order chi connectivity index (χ1) is 14.3. The van der Waals surface area contributed by atoms with Gasteiger partial charge >= 0.3 is 0 Å². The molecule has 164 valence electrons. The number of unbranched alkanes of at least 4 members (excludes halogenated alkanes) is 1. The number of amides is 1. The van der Waals surface area contributed by atoms with E-state index in [0.717, 1.165) is 50.1 Å². The largest absolute Gasteiger partial charge is 0.334 e. The molecule has 2 heterocycles. The molecule has 30 heavy (non-hydrogen) atoms. The number of thiophene rings is 1. The van der Waals surface area contributed by atoms with Crippen molar-refractivity contribution in [2.45, 2.75) is 43.5 Å². The average molecular weight is 490 g/mol. The van der Waals surface area contributed by atoms with Crippen LogP contribution in [-0.2, 0) is 10.0 Å². The van der Waals surface area contributed by atoms with E-state index in [1.54, 1.807) is 24.3 Å². The minimum atomic E-state index is -3.91. The van der Waals surface area contributed by atoms with Crippen LogP contribution in [0.25, 0.3) is 0 Å². The first-order valence-electron chi connectivity index (χ1n) is 9.91. The third-order valence-electron chi connectivity index (χ3n) is 5.00. The van der Waals surface area contributed by atoms with Gasteiger partial charge in [0.1, 0.15) is 9.23 Å². The summed E-state index contributed by atoms with van der Waals surface area (Å²) in [5.41, 5.74) is 0.755. The van der Waals surface area contributed by atoms with Gasteiger partial charge in [-0.2, -0.15) is 0 Å². The molecule has 1 unspecified atom stereocenters. The number of benzene rings is 1. The molecule has 2 aromatic rings.